The summed E-state index contributed by atoms with van der Waals surface area (Å²) in [6, 6.07) is 18.9. The number of benzene rings is 2. The highest BCUT2D eigenvalue weighted by Gasteiger charge is 2.14. The maximum absolute atomic E-state index is 5.86. The van der Waals surface area contributed by atoms with Gasteiger partial charge in [-0.05, 0) is 43.7 Å². The fourth-order valence-electron chi connectivity index (χ4n) is 2.30. The third kappa shape index (κ3) is 2.65. The van der Waals surface area contributed by atoms with E-state index in [1.807, 2.05) is 18.2 Å². The highest BCUT2D eigenvalue weighted by atomic mass is 15.1. The highest BCUT2D eigenvalue weighted by molar-refractivity contribution is 5.50. The minimum atomic E-state index is 0.320. The van der Waals surface area contributed by atoms with E-state index in [1.54, 1.807) is 0 Å². The molecule has 0 fully saturated rings. The van der Waals surface area contributed by atoms with Crippen LogP contribution >= 0.6 is 0 Å². The average molecular weight is 240 g/mol. The summed E-state index contributed by atoms with van der Waals surface area (Å²) in [5.41, 5.74) is 9.18. The molecular weight excluding hydrogens is 220 g/mol. The Morgan fingerprint density at radius 2 is 1.78 bits per heavy atom. The van der Waals surface area contributed by atoms with Crippen LogP contribution in [0.4, 0.5) is 11.4 Å². The molecule has 94 valence electrons. The van der Waals surface area contributed by atoms with Crippen LogP contribution in [0.25, 0.3) is 0 Å². The van der Waals surface area contributed by atoms with E-state index in [9.17, 15) is 0 Å². The van der Waals surface area contributed by atoms with E-state index < -0.39 is 0 Å². The number of nitrogen functional groups attached to an aromatic ring is 1. The van der Waals surface area contributed by atoms with Gasteiger partial charge in [-0.25, -0.2) is 0 Å². The Labute approximate surface area is 109 Å². The number of hydrogen-bond acceptors (Lipinski definition) is 2. The van der Waals surface area contributed by atoms with Crippen LogP contribution in [0, 0.1) is 0 Å². The first-order chi connectivity index (χ1) is 8.72. The molecule has 0 aliphatic heterocycles. The Morgan fingerprint density at radius 3 is 2.39 bits per heavy atom. The molecule has 0 heterocycles. The van der Waals surface area contributed by atoms with Crippen molar-refractivity contribution >= 4 is 11.4 Å². The molecular formula is C16H20N2. The SMILES string of the molecule is CCN(c1ccccc1)C(C)c1cccc(N)c1. The van der Waals surface area contributed by atoms with Gasteiger partial charge in [0.1, 0.15) is 0 Å². The molecule has 18 heavy (non-hydrogen) atoms. The van der Waals surface area contributed by atoms with Crippen LogP contribution < -0.4 is 10.6 Å². The van der Waals surface area contributed by atoms with Crippen LogP contribution in [-0.4, -0.2) is 6.54 Å². The summed E-state index contributed by atoms with van der Waals surface area (Å²) in [4.78, 5) is 2.37. The standard InChI is InChI=1S/C16H20N2/c1-3-18(16-10-5-4-6-11-16)13(2)14-8-7-9-15(17)12-14/h4-13H,3,17H2,1-2H3. The summed E-state index contributed by atoms with van der Waals surface area (Å²) in [5, 5.41) is 0. The fraction of sp³-hybridized carbons (Fsp3) is 0.250. The number of hydrogen-bond donors (Lipinski definition) is 1. The molecule has 2 aromatic carbocycles. The molecule has 2 nitrogen and oxygen atoms in total. The van der Waals surface area contributed by atoms with Crippen molar-refractivity contribution in [3.05, 3.63) is 60.2 Å². The zero-order valence-corrected chi connectivity index (χ0v) is 11.0. The van der Waals surface area contributed by atoms with E-state index in [4.69, 9.17) is 5.73 Å². The Bertz CT molecular complexity index is 493. The third-order valence-electron chi connectivity index (χ3n) is 3.29. The van der Waals surface area contributed by atoms with E-state index in [0.717, 1.165) is 12.2 Å². The van der Waals surface area contributed by atoms with Crippen molar-refractivity contribution in [3.8, 4) is 0 Å². The van der Waals surface area contributed by atoms with E-state index in [2.05, 4.69) is 55.1 Å². The number of anilines is 2. The molecule has 1 unspecified atom stereocenters. The summed E-state index contributed by atoms with van der Waals surface area (Å²) in [7, 11) is 0. The topological polar surface area (TPSA) is 29.3 Å². The quantitative estimate of drug-likeness (QED) is 0.822. The van der Waals surface area contributed by atoms with E-state index >= 15 is 0 Å². The van der Waals surface area contributed by atoms with Gasteiger partial charge < -0.3 is 10.6 Å². The van der Waals surface area contributed by atoms with Crippen molar-refractivity contribution in [1.29, 1.82) is 0 Å². The summed E-state index contributed by atoms with van der Waals surface area (Å²) < 4.78 is 0. The van der Waals surface area contributed by atoms with Crippen LogP contribution in [0.1, 0.15) is 25.5 Å². The molecule has 0 amide bonds. The van der Waals surface area contributed by atoms with Crippen molar-refractivity contribution in [1.82, 2.24) is 0 Å². The lowest BCUT2D eigenvalue weighted by Gasteiger charge is -2.30. The smallest absolute Gasteiger partial charge is 0.0514 e. The predicted octanol–water partition coefficient (Wildman–Crippen LogP) is 3.86. The number of para-hydroxylation sites is 1. The normalized spacial score (nSPS) is 12.1. The van der Waals surface area contributed by atoms with Crippen molar-refractivity contribution in [2.24, 2.45) is 0 Å². The molecule has 0 saturated heterocycles. The highest BCUT2D eigenvalue weighted by Crippen LogP contribution is 2.27. The van der Waals surface area contributed by atoms with Crippen molar-refractivity contribution in [2.45, 2.75) is 19.9 Å². The molecule has 0 aliphatic carbocycles. The van der Waals surface area contributed by atoms with Gasteiger partial charge in [-0.3, -0.25) is 0 Å². The molecule has 2 rings (SSSR count). The molecule has 2 N–H and O–H groups in total. The van der Waals surface area contributed by atoms with Crippen molar-refractivity contribution in [3.63, 3.8) is 0 Å². The zero-order valence-electron chi connectivity index (χ0n) is 11.0. The minimum absolute atomic E-state index is 0.320. The van der Waals surface area contributed by atoms with Gasteiger partial charge >= 0.3 is 0 Å². The zero-order chi connectivity index (χ0) is 13.0. The Kier molecular flexibility index (Phi) is 3.88. The molecule has 2 heteroatoms. The number of rotatable bonds is 4. The van der Waals surface area contributed by atoms with Crippen LogP contribution in [0.3, 0.4) is 0 Å². The summed E-state index contributed by atoms with van der Waals surface area (Å²) >= 11 is 0. The average Bonchev–Trinajstić information content (AvgIpc) is 2.41. The Balaban J connectivity index is 2.28. The second kappa shape index (κ2) is 5.58. The van der Waals surface area contributed by atoms with E-state index in [-0.39, 0.29) is 0 Å². The predicted molar refractivity (Wildman–Crippen MR) is 78.7 cm³/mol. The van der Waals surface area contributed by atoms with Gasteiger partial charge in [0, 0.05) is 17.9 Å². The van der Waals surface area contributed by atoms with Gasteiger partial charge in [0.15, 0.2) is 0 Å². The van der Waals surface area contributed by atoms with Crippen LogP contribution in [0.15, 0.2) is 54.6 Å². The van der Waals surface area contributed by atoms with Crippen molar-refractivity contribution < 1.29 is 0 Å². The maximum Gasteiger partial charge on any atom is 0.0514 e. The second-order valence-electron chi connectivity index (χ2n) is 4.47. The summed E-state index contributed by atoms with van der Waals surface area (Å²) in [6.45, 7) is 5.36. The largest absolute Gasteiger partial charge is 0.399 e. The Hall–Kier alpha value is -1.96. The number of nitrogens with two attached hydrogens (primary N) is 1. The molecule has 0 bridgehead atoms. The Morgan fingerprint density at radius 1 is 1.06 bits per heavy atom. The van der Waals surface area contributed by atoms with Gasteiger partial charge in [-0.2, -0.15) is 0 Å². The lowest BCUT2D eigenvalue weighted by Crippen LogP contribution is -2.26. The van der Waals surface area contributed by atoms with E-state index in [1.165, 1.54) is 11.3 Å². The van der Waals surface area contributed by atoms with Gasteiger partial charge in [-0.1, -0.05) is 30.3 Å². The summed E-state index contributed by atoms with van der Waals surface area (Å²) in [5.74, 6) is 0. The first-order valence-corrected chi connectivity index (χ1v) is 6.39. The maximum atomic E-state index is 5.86. The first kappa shape index (κ1) is 12.5. The molecule has 0 aliphatic rings. The molecule has 0 radical (unpaired) electrons. The second-order valence-corrected chi connectivity index (χ2v) is 4.47. The summed E-state index contributed by atoms with van der Waals surface area (Å²) in [6.07, 6.45) is 0. The molecule has 0 aromatic heterocycles. The lowest BCUT2D eigenvalue weighted by atomic mass is 10.1. The fourth-order valence-corrected chi connectivity index (χ4v) is 2.30. The van der Waals surface area contributed by atoms with Gasteiger partial charge in [0.2, 0.25) is 0 Å². The molecule has 0 spiro atoms. The molecule has 2 aromatic rings. The minimum Gasteiger partial charge on any atom is -0.399 e. The van der Waals surface area contributed by atoms with Crippen LogP contribution in [0.5, 0.6) is 0 Å². The van der Waals surface area contributed by atoms with Crippen LogP contribution in [0.2, 0.25) is 0 Å². The van der Waals surface area contributed by atoms with Crippen molar-refractivity contribution in [2.75, 3.05) is 17.2 Å². The van der Waals surface area contributed by atoms with Gasteiger partial charge in [0.05, 0.1) is 6.04 Å². The monoisotopic (exact) mass is 240 g/mol. The van der Waals surface area contributed by atoms with Crippen LogP contribution in [-0.2, 0) is 0 Å². The van der Waals surface area contributed by atoms with E-state index in [0.29, 0.717) is 6.04 Å². The molecule has 1 atom stereocenters. The molecule has 0 saturated carbocycles. The van der Waals surface area contributed by atoms with Gasteiger partial charge in [-0.15, -0.1) is 0 Å². The first-order valence-electron chi connectivity index (χ1n) is 6.39. The van der Waals surface area contributed by atoms with Gasteiger partial charge in [0.25, 0.3) is 0 Å². The third-order valence-corrected chi connectivity index (χ3v) is 3.29. The number of nitrogens with zero attached hydrogens (tertiary/aromatic N) is 1. The lowest BCUT2D eigenvalue weighted by molar-refractivity contribution is 0.690.